The molecule has 0 aliphatic carbocycles. The van der Waals surface area contributed by atoms with E-state index in [0.29, 0.717) is 6.07 Å². The number of carbonyl (C=O) groups excluding carboxylic acids is 1. The Morgan fingerprint density at radius 2 is 2.00 bits per heavy atom. The Hall–Kier alpha value is -2.02. The molecule has 1 aliphatic rings. The zero-order chi connectivity index (χ0) is 14.2. The number of likely N-dealkylation sites (tertiary alicyclic amines) is 1. The van der Waals surface area contributed by atoms with Crippen molar-refractivity contribution in [3.63, 3.8) is 0 Å². The number of carboxylic acids is 1. The number of aliphatic hydroxyl groups is 1. The molecule has 5 nitrogen and oxygen atoms in total. The lowest BCUT2D eigenvalue weighted by atomic mass is 10.1. The Balaban J connectivity index is 2.30. The molecule has 1 aromatic rings. The van der Waals surface area contributed by atoms with Crippen LogP contribution in [0.25, 0.3) is 0 Å². The predicted molar refractivity (Wildman–Crippen MR) is 59.4 cm³/mol. The topological polar surface area (TPSA) is 77.8 Å². The molecule has 0 radical (unpaired) electrons. The fourth-order valence-electron chi connectivity index (χ4n) is 2.09. The number of hydrogen-bond donors (Lipinski definition) is 2. The normalized spacial score (nSPS) is 22.6. The van der Waals surface area contributed by atoms with Gasteiger partial charge in [0.2, 0.25) is 0 Å². The third-order valence-electron chi connectivity index (χ3n) is 2.99. The first-order chi connectivity index (χ1) is 8.90. The van der Waals surface area contributed by atoms with Crippen molar-refractivity contribution in [1.82, 2.24) is 4.90 Å². The highest BCUT2D eigenvalue weighted by Gasteiger charge is 2.39. The van der Waals surface area contributed by atoms with Crippen molar-refractivity contribution >= 4 is 11.9 Å². The summed E-state index contributed by atoms with van der Waals surface area (Å²) in [7, 11) is 0. The van der Waals surface area contributed by atoms with E-state index in [-0.39, 0.29) is 13.0 Å². The molecule has 2 atom stereocenters. The summed E-state index contributed by atoms with van der Waals surface area (Å²) in [6.07, 6.45) is -1.07. The maximum Gasteiger partial charge on any atom is 0.326 e. The van der Waals surface area contributed by atoms with Crippen LogP contribution in [0.15, 0.2) is 18.2 Å². The molecule has 0 bridgehead atoms. The lowest BCUT2D eigenvalue weighted by Crippen LogP contribution is -2.40. The van der Waals surface area contributed by atoms with Gasteiger partial charge in [-0.25, -0.2) is 13.6 Å². The zero-order valence-electron chi connectivity index (χ0n) is 9.72. The van der Waals surface area contributed by atoms with E-state index in [0.717, 1.165) is 17.0 Å². The second kappa shape index (κ2) is 4.93. The van der Waals surface area contributed by atoms with Gasteiger partial charge in [0, 0.05) is 19.0 Å². The Bertz CT molecular complexity index is 534. The highest BCUT2D eigenvalue weighted by Crippen LogP contribution is 2.22. The van der Waals surface area contributed by atoms with Crippen molar-refractivity contribution in [3.8, 4) is 0 Å². The van der Waals surface area contributed by atoms with Crippen molar-refractivity contribution < 1.29 is 28.6 Å². The van der Waals surface area contributed by atoms with Gasteiger partial charge in [-0.2, -0.15) is 0 Å². The van der Waals surface area contributed by atoms with E-state index in [2.05, 4.69) is 0 Å². The third-order valence-corrected chi connectivity index (χ3v) is 2.99. The number of β-amino-alcohol motifs (C(OH)–C–C–N with tert-alkyl or cyclic N) is 1. The molecule has 0 unspecified atom stereocenters. The number of aliphatic hydroxyl groups excluding tert-OH is 1. The first-order valence-corrected chi connectivity index (χ1v) is 5.57. The summed E-state index contributed by atoms with van der Waals surface area (Å²) in [5.74, 6) is -4.03. The molecular formula is C12H11F2NO4. The summed E-state index contributed by atoms with van der Waals surface area (Å²) >= 11 is 0. The van der Waals surface area contributed by atoms with Gasteiger partial charge in [-0.1, -0.05) is 0 Å². The molecular weight excluding hydrogens is 260 g/mol. The number of hydrogen-bond acceptors (Lipinski definition) is 3. The van der Waals surface area contributed by atoms with Gasteiger partial charge < -0.3 is 15.1 Å². The van der Waals surface area contributed by atoms with E-state index >= 15 is 0 Å². The number of rotatable bonds is 2. The summed E-state index contributed by atoms with van der Waals surface area (Å²) in [4.78, 5) is 23.9. The Labute approximate surface area is 107 Å². The molecule has 0 aromatic heterocycles. The molecule has 2 rings (SSSR count). The number of amides is 1. The van der Waals surface area contributed by atoms with Crippen LogP contribution < -0.4 is 0 Å². The Kier molecular flexibility index (Phi) is 3.48. The van der Waals surface area contributed by atoms with E-state index < -0.39 is 41.2 Å². The van der Waals surface area contributed by atoms with Gasteiger partial charge in [-0.05, 0) is 12.1 Å². The molecule has 1 amide bonds. The van der Waals surface area contributed by atoms with E-state index in [9.17, 15) is 23.5 Å². The van der Waals surface area contributed by atoms with Crippen molar-refractivity contribution in [2.75, 3.05) is 6.54 Å². The number of carboxylic acid groups (broad SMARTS) is 1. The number of carbonyl (C=O) groups is 2. The average molecular weight is 271 g/mol. The van der Waals surface area contributed by atoms with Gasteiger partial charge in [0.15, 0.2) is 0 Å². The van der Waals surface area contributed by atoms with Crippen LogP contribution in [0.4, 0.5) is 8.78 Å². The SMILES string of the molecule is O=C(O)[C@H]1C[C@@H](O)CN1C(=O)c1ccc(F)cc1F. The molecule has 1 fully saturated rings. The number of benzene rings is 1. The van der Waals surface area contributed by atoms with Gasteiger partial charge >= 0.3 is 5.97 Å². The minimum atomic E-state index is -1.27. The van der Waals surface area contributed by atoms with Gasteiger partial charge in [-0.3, -0.25) is 4.79 Å². The molecule has 1 aliphatic heterocycles. The van der Waals surface area contributed by atoms with Crippen LogP contribution in [0.5, 0.6) is 0 Å². The first-order valence-electron chi connectivity index (χ1n) is 5.57. The highest BCUT2D eigenvalue weighted by molar-refractivity contribution is 5.97. The van der Waals surface area contributed by atoms with Crippen molar-refractivity contribution in [1.29, 1.82) is 0 Å². The van der Waals surface area contributed by atoms with Crippen molar-refractivity contribution in [2.24, 2.45) is 0 Å². The maximum absolute atomic E-state index is 13.5. The second-order valence-corrected chi connectivity index (χ2v) is 4.33. The summed E-state index contributed by atoms with van der Waals surface area (Å²) in [6, 6.07) is 1.22. The second-order valence-electron chi connectivity index (χ2n) is 4.33. The molecule has 1 aromatic carbocycles. The maximum atomic E-state index is 13.5. The molecule has 102 valence electrons. The fourth-order valence-corrected chi connectivity index (χ4v) is 2.09. The summed E-state index contributed by atoms with van der Waals surface area (Å²) in [5, 5.41) is 18.4. The zero-order valence-corrected chi connectivity index (χ0v) is 9.72. The Morgan fingerprint density at radius 1 is 1.32 bits per heavy atom. The lowest BCUT2D eigenvalue weighted by molar-refractivity contribution is -0.141. The van der Waals surface area contributed by atoms with Gasteiger partial charge in [0.1, 0.15) is 17.7 Å². The minimum absolute atomic E-state index is 0.107. The van der Waals surface area contributed by atoms with E-state index in [1.165, 1.54) is 0 Å². The fraction of sp³-hybridized carbons (Fsp3) is 0.333. The van der Waals surface area contributed by atoms with E-state index in [4.69, 9.17) is 5.11 Å². The monoisotopic (exact) mass is 271 g/mol. The quantitative estimate of drug-likeness (QED) is 0.826. The predicted octanol–water partition coefficient (Wildman–Crippen LogP) is 0.625. The van der Waals surface area contributed by atoms with Crippen LogP contribution in [0, 0.1) is 11.6 Å². The molecule has 0 saturated carbocycles. The van der Waals surface area contributed by atoms with E-state index in [1.54, 1.807) is 0 Å². The van der Waals surface area contributed by atoms with Crippen LogP contribution >= 0.6 is 0 Å². The minimum Gasteiger partial charge on any atom is -0.480 e. The van der Waals surface area contributed by atoms with Crippen LogP contribution in [0.3, 0.4) is 0 Å². The van der Waals surface area contributed by atoms with Gasteiger partial charge in [0.25, 0.3) is 5.91 Å². The number of aliphatic carboxylic acids is 1. The summed E-state index contributed by atoms with van der Waals surface area (Å²) < 4.78 is 26.2. The number of nitrogens with zero attached hydrogens (tertiary/aromatic N) is 1. The molecule has 19 heavy (non-hydrogen) atoms. The molecule has 1 saturated heterocycles. The Morgan fingerprint density at radius 3 is 2.58 bits per heavy atom. The standard InChI is InChI=1S/C12H11F2NO4/c13-6-1-2-8(9(14)3-6)11(17)15-5-7(16)4-10(15)12(18)19/h1-3,7,10,16H,4-5H2,(H,18,19)/t7-,10-/m1/s1. The van der Waals surface area contributed by atoms with Crippen LogP contribution in [0.2, 0.25) is 0 Å². The lowest BCUT2D eigenvalue weighted by Gasteiger charge is -2.21. The molecule has 1 heterocycles. The third kappa shape index (κ3) is 2.55. The largest absolute Gasteiger partial charge is 0.480 e. The van der Waals surface area contributed by atoms with Crippen LogP contribution in [-0.4, -0.2) is 45.7 Å². The van der Waals surface area contributed by atoms with Gasteiger partial charge in [0.05, 0.1) is 11.7 Å². The van der Waals surface area contributed by atoms with Crippen molar-refractivity contribution in [2.45, 2.75) is 18.6 Å². The van der Waals surface area contributed by atoms with Crippen LogP contribution in [-0.2, 0) is 4.79 Å². The highest BCUT2D eigenvalue weighted by atomic mass is 19.1. The molecule has 0 spiro atoms. The van der Waals surface area contributed by atoms with Gasteiger partial charge in [-0.15, -0.1) is 0 Å². The number of halogens is 2. The summed E-state index contributed by atoms with van der Waals surface area (Å²) in [5.41, 5.74) is -0.415. The summed E-state index contributed by atoms with van der Waals surface area (Å²) in [6.45, 7) is -0.188. The smallest absolute Gasteiger partial charge is 0.326 e. The van der Waals surface area contributed by atoms with Crippen LogP contribution in [0.1, 0.15) is 16.8 Å². The first kappa shape index (κ1) is 13.4. The molecule has 7 heteroatoms. The molecule has 2 N–H and O–H groups in total. The average Bonchev–Trinajstić information content (AvgIpc) is 2.70. The van der Waals surface area contributed by atoms with Crippen molar-refractivity contribution in [3.05, 3.63) is 35.4 Å². The van der Waals surface area contributed by atoms with E-state index in [1.807, 2.05) is 0 Å².